The Morgan fingerprint density at radius 3 is 1.92 bits per heavy atom. The van der Waals surface area contributed by atoms with Gasteiger partial charge in [-0.25, -0.2) is 34.5 Å². The van der Waals surface area contributed by atoms with E-state index >= 15 is 0 Å². The standard InChI is InChI=1S/C8H10N4O2.C6H3Cl3N4.C5HCl3N4.2C5H4N4OS/c1-10-4-9-5-6(10)11(2)8(14)12(3)7(5)13;1-13-2-3(7)10-5(8)11-4(2)12-6(13)9;6-2-1-3(11-4(7)9-1)12-5(8)10-2;10-5-8-3-2(4(11)9-5)6-1-7-3;10-4-2-3(7-1-6-2)8-5(11)9-4/h4H,1-3H3;1H3;(H,9,10,11,12);2*1H,(H3,6,7,8,9,10,11). The van der Waals surface area contributed by atoms with Crippen LogP contribution in [0.25, 0.3) is 55.8 Å². The predicted octanol–water partition coefficient (Wildman–Crippen LogP) is 4.22. The molecule has 0 aliphatic heterocycles. The van der Waals surface area contributed by atoms with E-state index in [4.69, 9.17) is 94.0 Å². The smallest absolute Gasteiger partial charge is 0.332 e. The van der Waals surface area contributed by atoms with Gasteiger partial charge in [-0.1, -0.05) is 35.4 Å². The molecule has 0 bridgehead atoms. The van der Waals surface area contributed by atoms with Crippen LogP contribution >= 0.6 is 94.0 Å². The molecule has 0 amide bonds. The van der Waals surface area contributed by atoms with Crippen molar-refractivity contribution in [1.29, 1.82) is 0 Å². The van der Waals surface area contributed by atoms with Crippen LogP contribution in [0.2, 0.25) is 31.4 Å². The first-order valence-corrected chi connectivity index (χ1v) is 19.3. The van der Waals surface area contributed by atoms with Crippen molar-refractivity contribution in [2.45, 2.75) is 0 Å². The van der Waals surface area contributed by atoms with E-state index in [0.29, 0.717) is 65.7 Å². The average molecular weight is 991 g/mol. The molecule has 32 heteroatoms. The third-order valence-corrected chi connectivity index (χ3v) is 9.71. The molecule has 0 spiro atoms. The van der Waals surface area contributed by atoms with E-state index in [2.05, 4.69) is 79.7 Å². The van der Waals surface area contributed by atoms with E-state index in [1.165, 1.54) is 30.6 Å². The summed E-state index contributed by atoms with van der Waals surface area (Å²) in [4.78, 5) is 97.8. The van der Waals surface area contributed by atoms with E-state index in [1.807, 2.05) is 0 Å². The molecule has 10 rings (SSSR count). The largest absolute Gasteiger partial charge is 0.341 e. The van der Waals surface area contributed by atoms with Crippen molar-refractivity contribution in [3.05, 3.63) is 102 Å². The number of rotatable bonds is 0. The van der Waals surface area contributed by atoms with Crippen molar-refractivity contribution in [2.24, 2.45) is 28.2 Å². The molecule has 7 N–H and O–H groups in total. The van der Waals surface area contributed by atoms with Gasteiger partial charge in [-0.15, -0.1) is 0 Å². The van der Waals surface area contributed by atoms with Crippen molar-refractivity contribution < 1.29 is 0 Å². The summed E-state index contributed by atoms with van der Waals surface area (Å²) < 4.78 is 6.36. The average Bonchev–Trinajstić information content (AvgIpc) is 4.03. The monoisotopic (exact) mass is 988 g/mol. The Hall–Kier alpha value is -5.87. The molecule has 10 aromatic rings. The molecule has 316 valence electrons. The number of aromatic amines is 7. The first-order chi connectivity index (χ1) is 28.8. The molecule has 0 fully saturated rings. The first-order valence-electron chi connectivity index (χ1n) is 16.2. The van der Waals surface area contributed by atoms with Crippen LogP contribution in [0.4, 0.5) is 0 Å². The second-order valence-corrected chi connectivity index (χ2v) is 14.6. The van der Waals surface area contributed by atoms with Crippen molar-refractivity contribution >= 4 is 150 Å². The zero-order valence-electron chi connectivity index (χ0n) is 30.8. The lowest BCUT2D eigenvalue weighted by molar-refractivity contribution is 0.698. The second-order valence-electron chi connectivity index (χ2n) is 11.7. The molecule has 10 heterocycles. The molecule has 0 aromatic carbocycles. The van der Waals surface area contributed by atoms with Crippen LogP contribution in [-0.4, -0.2) is 98.0 Å². The molecule has 0 saturated heterocycles. The molecular weight excluding hydrogens is 969 g/mol. The number of H-pyrrole nitrogens is 7. The van der Waals surface area contributed by atoms with Gasteiger partial charge < -0.3 is 29.1 Å². The number of aromatic nitrogens is 20. The number of imidazole rings is 5. The van der Waals surface area contributed by atoms with Crippen molar-refractivity contribution in [3.8, 4) is 0 Å². The number of hydrogen-bond acceptors (Lipinski definition) is 15. The highest BCUT2D eigenvalue weighted by Crippen LogP contribution is 2.24. The van der Waals surface area contributed by atoms with E-state index in [1.54, 1.807) is 30.3 Å². The third kappa shape index (κ3) is 9.70. The molecule has 0 atom stereocenters. The third-order valence-electron chi connectivity index (χ3n) is 7.81. The van der Waals surface area contributed by atoms with E-state index in [9.17, 15) is 19.2 Å². The summed E-state index contributed by atoms with van der Waals surface area (Å²) in [7, 11) is 6.53. The topological polar surface area (TPSA) is 315 Å². The highest BCUT2D eigenvalue weighted by atomic mass is 35.5. The van der Waals surface area contributed by atoms with Gasteiger partial charge in [0, 0.05) is 28.2 Å². The fourth-order valence-electron chi connectivity index (χ4n) is 5.09. The van der Waals surface area contributed by atoms with Crippen molar-refractivity contribution in [2.75, 3.05) is 0 Å². The van der Waals surface area contributed by atoms with Crippen molar-refractivity contribution in [3.63, 3.8) is 0 Å². The summed E-state index contributed by atoms with van der Waals surface area (Å²) in [5.74, 6) is 0. The zero-order valence-corrected chi connectivity index (χ0v) is 36.9. The van der Waals surface area contributed by atoms with E-state index in [0.717, 1.165) is 4.57 Å². The molecule has 24 nitrogen and oxygen atoms in total. The molecule has 0 unspecified atom stereocenters. The Morgan fingerprint density at radius 2 is 1.23 bits per heavy atom. The minimum absolute atomic E-state index is 0.0515. The van der Waals surface area contributed by atoms with Crippen LogP contribution in [0, 0.1) is 9.41 Å². The van der Waals surface area contributed by atoms with Crippen molar-refractivity contribution in [1.82, 2.24) is 98.0 Å². The maximum absolute atomic E-state index is 11.6. The Kier molecular flexibility index (Phi) is 13.5. The van der Waals surface area contributed by atoms with Gasteiger partial charge >= 0.3 is 11.4 Å². The van der Waals surface area contributed by atoms with Crippen LogP contribution in [-0.2, 0) is 28.2 Å². The van der Waals surface area contributed by atoms with Crippen LogP contribution in [0.5, 0.6) is 0 Å². The fraction of sp³-hybridized carbons (Fsp3) is 0.138. The van der Waals surface area contributed by atoms with Gasteiger partial charge in [-0.3, -0.25) is 33.7 Å². The molecule has 0 aliphatic rings. The van der Waals surface area contributed by atoms with Gasteiger partial charge in [0.15, 0.2) is 43.2 Å². The number of hydrogen-bond donors (Lipinski definition) is 7. The summed E-state index contributed by atoms with van der Waals surface area (Å²) in [5.41, 5.74) is 3.45. The van der Waals surface area contributed by atoms with Gasteiger partial charge in [0.1, 0.15) is 32.4 Å². The lowest BCUT2D eigenvalue weighted by Gasteiger charge is -2.04. The Morgan fingerprint density at radius 1 is 0.607 bits per heavy atom. The molecule has 0 saturated carbocycles. The van der Waals surface area contributed by atoms with Gasteiger partial charge in [0.2, 0.25) is 21.1 Å². The van der Waals surface area contributed by atoms with Gasteiger partial charge in [0.25, 0.3) is 11.1 Å². The zero-order chi connectivity index (χ0) is 44.4. The number of halogens is 6. The SMILES string of the molecule is Clc1nc(Cl)c2[nH]c(Cl)nc2n1.Cn1c(=O)c2ncn(C)c2n(C)c1=O.Cn1c(Cl)nc2nc(Cl)nc(Cl)c21.O=c1[nH]c(=S)[nH]c2nc[nH]c12.O=c1[nH]c(=S)c2[nH]cnc2[nH]1. The number of aryl methyl sites for hydroxylation is 3. The maximum Gasteiger partial charge on any atom is 0.332 e. The predicted molar refractivity (Wildman–Crippen MR) is 233 cm³/mol. The Bertz CT molecular complexity index is 3540. The molecule has 61 heavy (non-hydrogen) atoms. The van der Waals surface area contributed by atoms with Gasteiger partial charge in [-0.2, -0.15) is 19.9 Å². The molecular formula is C29H22Cl6N20O4S2. The lowest BCUT2D eigenvalue weighted by Crippen LogP contribution is -2.37. The quantitative estimate of drug-likeness (QED) is 0.0484. The van der Waals surface area contributed by atoms with Gasteiger partial charge in [0.05, 0.1) is 19.0 Å². The minimum atomic E-state index is -0.358. The molecule has 0 aliphatic carbocycles. The van der Waals surface area contributed by atoms with Gasteiger partial charge in [-0.05, 0) is 58.6 Å². The summed E-state index contributed by atoms with van der Waals surface area (Å²) in [6, 6.07) is 0. The Balaban J connectivity index is 0.000000128. The maximum atomic E-state index is 11.6. The second kappa shape index (κ2) is 18.4. The van der Waals surface area contributed by atoms with E-state index in [-0.39, 0.29) is 53.4 Å². The summed E-state index contributed by atoms with van der Waals surface area (Å²) in [6.07, 6.45) is 4.43. The van der Waals surface area contributed by atoms with E-state index < -0.39 is 0 Å². The summed E-state index contributed by atoms with van der Waals surface area (Å²) >= 11 is 43.6. The highest BCUT2D eigenvalue weighted by Gasteiger charge is 2.14. The van der Waals surface area contributed by atoms with Crippen LogP contribution in [0.1, 0.15) is 0 Å². The van der Waals surface area contributed by atoms with Crippen LogP contribution in [0.15, 0.2) is 38.2 Å². The summed E-state index contributed by atoms with van der Waals surface area (Å²) in [5, 5.41) is 1.08. The number of nitrogens with zero attached hydrogens (tertiary/aromatic N) is 13. The highest BCUT2D eigenvalue weighted by molar-refractivity contribution is 7.71. The molecule has 10 aromatic heterocycles. The Labute approximate surface area is 375 Å². The lowest BCUT2D eigenvalue weighted by atomic mass is 10.5. The molecule has 0 radical (unpaired) electrons. The minimum Gasteiger partial charge on any atom is -0.341 e. The normalized spacial score (nSPS) is 10.9. The summed E-state index contributed by atoms with van der Waals surface area (Å²) in [6.45, 7) is 0. The fourth-order valence-corrected chi connectivity index (χ4v) is 6.78. The number of fused-ring (bicyclic) bond motifs is 5. The van der Waals surface area contributed by atoms with Crippen LogP contribution in [0.3, 0.4) is 0 Å². The first kappa shape index (κ1) is 44.7. The number of nitrogens with one attached hydrogen (secondary N) is 7. The van der Waals surface area contributed by atoms with Crippen LogP contribution < -0.4 is 22.5 Å².